The number of hydrogen-bond donors (Lipinski definition) is 2. The van der Waals surface area contributed by atoms with Crippen molar-refractivity contribution in [3.05, 3.63) is 53.5 Å². The molecule has 0 bridgehead atoms. The SMILES string of the molecule is COCc1ccc(CNc2cccc(CO)c2)o1. The summed E-state index contributed by atoms with van der Waals surface area (Å²) >= 11 is 0. The number of anilines is 1. The molecule has 1 heterocycles. The third kappa shape index (κ3) is 3.35. The van der Waals surface area contributed by atoms with Crippen molar-refractivity contribution in [3.63, 3.8) is 0 Å². The Bertz CT molecular complexity index is 493. The first-order chi connectivity index (χ1) is 8.81. The van der Waals surface area contributed by atoms with Crippen LogP contribution in [0.5, 0.6) is 0 Å². The normalized spacial score (nSPS) is 10.6. The Hall–Kier alpha value is -1.78. The van der Waals surface area contributed by atoms with Crippen LogP contribution in [0.3, 0.4) is 0 Å². The van der Waals surface area contributed by atoms with Crippen LogP contribution in [0, 0.1) is 0 Å². The van der Waals surface area contributed by atoms with Crippen molar-refractivity contribution in [2.24, 2.45) is 0 Å². The lowest BCUT2D eigenvalue weighted by molar-refractivity contribution is 0.163. The predicted octanol–water partition coefficient (Wildman–Crippen LogP) is 2.53. The van der Waals surface area contributed by atoms with Gasteiger partial charge >= 0.3 is 0 Å². The Morgan fingerprint density at radius 3 is 2.83 bits per heavy atom. The van der Waals surface area contributed by atoms with Crippen LogP contribution in [0.4, 0.5) is 5.69 Å². The molecule has 0 radical (unpaired) electrons. The van der Waals surface area contributed by atoms with E-state index >= 15 is 0 Å². The maximum absolute atomic E-state index is 9.05. The Balaban J connectivity index is 1.93. The molecule has 4 heteroatoms. The number of hydrogen-bond acceptors (Lipinski definition) is 4. The molecule has 0 unspecified atom stereocenters. The average Bonchev–Trinajstić information content (AvgIpc) is 2.85. The third-order valence-electron chi connectivity index (χ3n) is 2.58. The number of nitrogens with one attached hydrogen (secondary N) is 1. The second-order valence-corrected chi connectivity index (χ2v) is 4.01. The lowest BCUT2D eigenvalue weighted by Crippen LogP contribution is -1.98. The van der Waals surface area contributed by atoms with Gasteiger partial charge in [0.15, 0.2) is 0 Å². The zero-order chi connectivity index (χ0) is 12.8. The minimum absolute atomic E-state index is 0.0499. The summed E-state index contributed by atoms with van der Waals surface area (Å²) in [7, 11) is 1.64. The van der Waals surface area contributed by atoms with E-state index in [1.54, 1.807) is 7.11 Å². The zero-order valence-electron chi connectivity index (χ0n) is 10.3. The highest BCUT2D eigenvalue weighted by atomic mass is 16.5. The van der Waals surface area contributed by atoms with Gasteiger partial charge in [-0.3, -0.25) is 0 Å². The molecule has 0 aliphatic carbocycles. The molecule has 0 atom stereocenters. The molecular weight excluding hydrogens is 230 g/mol. The first kappa shape index (κ1) is 12.7. The Labute approximate surface area is 106 Å². The maximum Gasteiger partial charge on any atom is 0.129 e. The van der Waals surface area contributed by atoms with E-state index in [0.717, 1.165) is 22.8 Å². The van der Waals surface area contributed by atoms with Gasteiger partial charge in [0.05, 0.1) is 13.2 Å². The topological polar surface area (TPSA) is 54.6 Å². The van der Waals surface area contributed by atoms with Gasteiger partial charge < -0.3 is 19.6 Å². The molecule has 18 heavy (non-hydrogen) atoms. The van der Waals surface area contributed by atoms with Crippen LogP contribution in [0.2, 0.25) is 0 Å². The van der Waals surface area contributed by atoms with E-state index in [1.165, 1.54) is 0 Å². The molecule has 0 fully saturated rings. The highest BCUT2D eigenvalue weighted by molar-refractivity contribution is 5.45. The minimum atomic E-state index is 0.0499. The van der Waals surface area contributed by atoms with Crippen molar-refractivity contribution in [3.8, 4) is 0 Å². The molecule has 0 saturated heterocycles. The number of aliphatic hydroxyl groups excluding tert-OH is 1. The highest BCUT2D eigenvalue weighted by Gasteiger charge is 2.02. The van der Waals surface area contributed by atoms with E-state index in [-0.39, 0.29) is 6.61 Å². The smallest absolute Gasteiger partial charge is 0.129 e. The van der Waals surface area contributed by atoms with Gasteiger partial charge in [0.25, 0.3) is 0 Å². The summed E-state index contributed by atoms with van der Waals surface area (Å²) in [6.45, 7) is 1.15. The van der Waals surface area contributed by atoms with E-state index in [2.05, 4.69) is 5.32 Å². The summed E-state index contributed by atoms with van der Waals surface area (Å²) in [4.78, 5) is 0. The molecule has 2 N–H and O–H groups in total. The molecule has 0 aliphatic heterocycles. The summed E-state index contributed by atoms with van der Waals surface area (Å²) in [5.41, 5.74) is 1.85. The van der Waals surface area contributed by atoms with Gasteiger partial charge in [0.2, 0.25) is 0 Å². The fourth-order valence-electron chi connectivity index (χ4n) is 1.71. The molecule has 1 aromatic carbocycles. The van der Waals surface area contributed by atoms with Gasteiger partial charge in [-0.05, 0) is 29.8 Å². The second kappa shape index (κ2) is 6.23. The van der Waals surface area contributed by atoms with Crippen LogP contribution in [0.25, 0.3) is 0 Å². The summed E-state index contributed by atoms with van der Waals surface area (Å²) < 4.78 is 10.6. The van der Waals surface area contributed by atoms with Crippen molar-refractivity contribution >= 4 is 5.69 Å². The quantitative estimate of drug-likeness (QED) is 0.823. The van der Waals surface area contributed by atoms with Gasteiger partial charge in [-0.1, -0.05) is 12.1 Å². The summed E-state index contributed by atoms with van der Waals surface area (Å²) in [6, 6.07) is 11.5. The Morgan fingerprint density at radius 1 is 1.22 bits per heavy atom. The van der Waals surface area contributed by atoms with Crippen molar-refractivity contribution in [1.82, 2.24) is 0 Å². The fraction of sp³-hybridized carbons (Fsp3) is 0.286. The molecule has 2 aromatic rings. The standard InChI is InChI=1S/C14H17NO3/c1-17-10-14-6-5-13(18-14)8-15-12-4-2-3-11(7-12)9-16/h2-7,15-16H,8-10H2,1H3. The van der Waals surface area contributed by atoms with Crippen molar-refractivity contribution in [2.45, 2.75) is 19.8 Å². The van der Waals surface area contributed by atoms with E-state index in [1.807, 2.05) is 36.4 Å². The lowest BCUT2D eigenvalue weighted by atomic mass is 10.2. The first-order valence-corrected chi connectivity index (χ1v) is 5.82. The monoisotopic (exact) mass is 247 g/mol. The molecule has 1 aromatic heterocycles. The zero-order valence-corrected chi connectivity index (χ0v) is 10.3. The number of benzene rings is 1. The van der Waals surface area contributed by atoms with E-state index in [9.17, 15) is 0 Å². The Kier molecular flexibility index (Phi) is 4.39. The second-order valence-electron chi connectivity index (χ2n) is 4.01. The summed E-state index contributed by atoms with van der Waals surface area (Å²) in [5, 5.41) is 12.3. The van der Waals surface area contributed by atoms with Gasteiger partial charge in [-0.25, -0.2) is 0 Å². The van der Waals surface area contributed by atoms with E-state index < -0.39 is 0 Å². The van der Waals surface area contributed by atoms with Gasteiger partial charge in [0.1, 0.15) is 18.1 Å². The summed E-state index contributed by atoms with van der Waals surface area (Å²) in [6.07, 6.45) is 0. The highest BCUT2D eigenvalue weighted by Crippen LogP contribution is 2.14. The largest absolute Gasteiger partial charge is 0.462 e. The van der Waals surface area contributed by atoms with E-state index in [0.29, 0.717) is 13.2 Å². The van der Waals surface area contributed by atoms with Gasteiger partial charge in [-0.15, -0.1) is 0 Å². The minimum Gasteiger partial charge on any atom is -0.462 e. The number of methoxy groups -OCH3 is 1. The molecule has 4 nitrogen and oxygen atoms in total. The van der Waals surface area contributed by atoms with Gasteiger partial charge in [0, 0.05) is 12.8 Å². The first-order valence-electron chi connectivity index (χ1n) is 5.82. The number of furan rings is 1. The van der Waals surface area contributed by atoms with Crippen LogP contribution in [-0.4, -0.2) is 12.2 Å². The van der Waals surface area contributed by atoms with Crippen molar-refractivity contribution < 1.29 is 14.3 Å². The number of ether oxygens (including phenoxy) is 1. The molecule has 0 saturated carbocycles. The van der Waals surface area contributed by atoms with Crippen LogP contribution >= 0.6 is 0 Å². The molecule has 0 amide bonds. The average molecular weight is 247 g/mol. The molecular formula is C14H17NO3. The van der Waals surface area contributed by atoms with E-state index in [4.69, 9.17) is 14.3 Å². The molecule has 0 spiro atoms. The fourth-order valence-corrected chi connectivity index (χ4v) is 1.71. The molecule has 0 aliphatic rings. The number of aliphatic hydroxyl groups is 1. The lowest BCUT2D eigenvalue weighted by Gasteiger charge is -2.05. The van der Waals surface area contributed by atoms with Crippen LogP contribution in [-0.2, 0) is 24.5 Å². The van der Waals surface area contributed by atoms with Crippen LogP contribution in [0.15, 0.2) is 40.8 Å². The summed E-state index contributed by atoms with van der Waals surface area (Å²) in [5.74, 6) is 1.68. The maximum atomic E-state index is 9.05. The van der Waals surface area contributed by atoms with Crippen molar-refractivity contribution in [2.75, 3.05) is 12.4 Å². The van der Waals surface area contributed by atoms with Crippen molar-refractivity contribution in [1.29, 1.82) is 0 Å². The number of rotatable bonds is 6. The predicted molar refractivity (Wildman–Crippen MR) is 69.1 cm³/mol. The van der Waals surface area contributed by atoms with Crippen LogP contribution in [0.1, 0.15) is 17.1 Å². The Morgan fingerprint density at radius 2 is 2.06 bits per heavy atom. The molecule has 96 valence electrons. The third-order valence-corrected chi connectivity index (χ3v) is 2.58. The van der Waals surface area contributed by atoms with Crippen LogP contribution < -0.4 is 5.32 Å². The van der Waals surface area contributed by atoms with Gasteiger partial charge in [-0.2, -0.15) is 0 Å². The molecule has 2 rings (SSSR count).